The summed E-state index contributed by atoms with van der Waals surface area (Å²) in [6, 6.07) is 0. The molecule has 2 aliphatic heterocycles. The molecule has 2 aliphatic rings. The van der Waals surface area contributed by atoms with Crippen LogP contribution in [-0.2, 0) is 9.47 Å². The molecule has 2 saturated heterocycles. The van der Waals surface area contributed by atoms with Gasteiger partial charge in [-0.05, 0) is 0 Å². The van der Waals surface area contributed by atoms with Gasteiger partial charge in [-0.25, -0.2) is 0 Å². The zero-order chi connectivity index (χ0) is 6.81. The lowest BCUT2D eigenvalue weighted by Crippen LogP contribution is -2.34. The van der Waals surface area contributed by atoms with Gasteiger partial charge in [0.2, 0.25) is 0 Å². The SMILES string of the molecule is C1CN[C](C2OCCO2)N1. The van der Waals surface area contributed by atoms with Crippen LogP contribution in [-0.4, -0.2) is 32.6 Å². The molecule has 4 heteroatoms. The summed E-state index contributed by atoms with van der Waals surface area (Å²) in [5.74, 6) is 0. The molecule has 0 amide bonds. The molecule has 2 fully saturated rings. The van der Waals surface area contributed by atoms with Crippen molar-refractivity contribution in [1.82, 2.24) is 10.6 Å². The van der Waals surface area contributed by atoms with Gasteiger partial charge in [0.05, 0.1) is 13.2 Å². The average Bonchev–Trinajstić information content (AvgIpc) is 2.59. The van der Waals surface area contributed by atoms with E-state index in [9.17, 15) is 0 Å². The second-order valence-electron chi connectivity index (χ2n) is 2.34. The molecule has 0 aromatic rings. The minimum absolute atomic E-state index is 0.150. The molecule has 0 spiro atoms. The van der Waals surface area contributed by atoms with Gasteiger partial charge in [0, 0.05) is 13.1 Å². The quantitative estimate of drug-likeness (QED) is 0.496. The Morgan fingerprint density at radius 1 is 1.10 bits per heavy atom. The third-order valence-corrected chi connectivity index (χ3v) is 1.61. The first-order valence-electron chi connectivity index (χ1n) is 3.54. The van der Waals surface area contributed by atoms with E-state index in [1.54, 1.807) is 0 Å². The predicted molar refractivity (Wildman–Crippen MR) is 34.9 cm³/mol. The first-order chi connectivity index (χ1) is 4.97. The Bertz CT molecular complexity index is 94.3. The van der Waals surface area contributed by atoms with Crippen LogP contribution >= 0.6 is 0 Å². The van der Waals surface area contributed by atoms with Crippen LogP contribution in [0.4, 0.5) is 0 Å². The summed E-state index contributed by atoms with van der Waals surface area (Å²) >= 11 is 0. The van der Waals surface area contributed by atoms with Crippen molar-refractivity contribution in [1.29, 1.82) is 0 Å². The molecule has 2 heterocycles. The van der Waals surface area contributed by atoms with E-state index in [2.05, 4.69) is 10.6 Å². The van der Waals surface area contributed by atoms with E-state index < -0.39 is 0 Å². The highest BCUT2D eigenvalue weighted by atomic mass is 16.7. The molecule has 0 bridgehead atoms. The van der Waals surface area contributed by atoms with E-state index in [4.69, 9.17) is 9.47 Å². The van der Waals surface area contributed by atoms with Crippen molar-refractivity contribution in [2.75, 3.05) is 26.3 Å². The lowest BCUT2D eigenvalue weighted by molar-refractivity contribution is -0.0377. The van der Waals surface area contributed by atoms with Crippen molar-refractivity contribution in [3.63, 3.8) is 0 Å². The largest absolute Gasteiger partial charge is 0.347 e. The topological polar surface area (TPSA) is 42.5 Å². The van der Waals surface area contributed by atoms with Crippen LogP contribution in [0.15, 0.2) is 0 Å². The van der Waals surface area contributed by atoms with Crippen LogP contribution in [0, 0.1) is 6.17 Å². The van der Waals surface area contributed by atoms with Gasteiger partial charge in [-0.2, -0.15) is 0 Å². The maximum Gasteiger partial charge on any atom is 0.192 e. The van der Waals surface area contributed by atoms with Crippen LogP contribution in [0.3, 0.4) is 0 Å². The van der Waals surface area contributed by atoms with Crippen LogP contribution in [0.5, 0.6) is 0 Å². The second-order valence-corrected chi connectivity index (χ2v) is 2.34. The molecular weight excluding hydrogens is 132 g/mol. The minimum Gasteiger partial charge on any atom is -0.347 e. The van der Waals surface area contributed by atoms with E-state index in [1.807, 2.05) is 0 Å². The molecule has 0 unspecified atom stereocenters. The normalized spacial score (nSPS) is 30.0. The Morgan fingerprint density at radius 3 is 2.30 bits per heavy atom. The smallest absolute Gasteiger partial charge is 0.192 e. The van der Waals surface area contributed by atoms with Crippen LogP contribution in [0.2, 0.25) is 0 Å². The highest BCUT2D eigenvalue weighted by Crippen LogP contribution is 2.13. The van der Waals surface area contributed by atoms with Crippen LogP contribution in [0.25, 0.3) is 0 Å². The zero-order valence-electron chi connectivity index (χ0n) is 5.72. The van der Waals surface area contributed by atoms with Gasteiger partial charge in [0.1, 0.15) is 0 Å². The Hall–Kier alpha value is -0.160. The van der Waals surface area contributed by atoms with Gasteiger partial charge >= 0.3 is 0 Å². The fourth-order valence-electron chi connectivity index (χ4n) is 1.15. The molecule has 0 aromatic heterocycles. The summed E-state index contributed by atoms with van der Waals surface area (Å²) in [5, 5.41) is 6.31. The number of rotatable bonds is 1. The molecule has 0 aliphatic carbocycles. The highest BCUT2D eigenvalue weighted by molar-refractivity contribution is 4.94. The Labute approximate surface area is 59.9 Å². The Morgan fingerprint density at radius 2 is 1.70 bits per heavy atom. The molecule has 2 rings (SSSR count). The summed E-state index contributed by atoms with van der Waals surface area (Å²) in [4.78, 5) is 0. The Balaban J connectivity index is 1.85. The first kappa shape index (κ1) is 6.54. The summed E-state index contributed by atoms with van der Waals surface area (Å²) in [7, 11) is 0. The van der Waals surface area contributed by atoms with Crippen molar-refractivity contribution < 1.29 is 9.47 Å². The van der Waals surface area contributed by atoms with Gasteiger partial charge in [-0.3, -0.25) is 10.6 Å². The summed E-state index contributed by atoms with van der Waals surface area (Å²) < 4.78 is 10.5. The molecular formula is C6H11N2O2. The zero-order valence-corrected chi connectivity index (χ0v) is 5.72. The molecule has 4 nitrogen and oxygen atoms in total. The fraction of sp³-hybridized carbons (Fsp3) is 0.833. The van der Waals surface area contributed by atoms with Gasteiger partial charge in [0.25, 0.3) is 0 Å². The maximum absolute atomic E-state index is 5.25. The van der Waals surface area contributed by atoms with Crippen molar-refractivity contribution in [3.05, 3.63) is 6.17 Å². The standard InChI is InChI=1S/C6H11N2O2/c1-2-8-5(7-1)6-9-3-4-10-6/h6-8H,1-4H2. The van der Waals surface area contributed by atoms with Crippen molar-refractivity contribution in [2.45, 2.75) is 6.29 Å². The predicted octanol–water partition coefficient (Wildman–Crippen LogP) is -0.958. The van der Waals surface area contributed by atoms with Crippen molar-refractivity contribution >= 4 is 0 Å². The number of hydrogen-bond acceptors (Lipinski definition) is 4. The van der Waals surface area contributed by atoms with Crippen LogP contribution < -0.4 is 10.6 Å². The lowest BCUT2D eigenvalue weighted by Gasteiger charge is -2.15. The molecule has 0 atom stereocenters. The second kappa shape index (κ2) is 2.84. The first-order valence-corrected chi connectivity index (χ1v) is 3.54. The lowest BCUT2D eigenvalue weighted by atomic mass is 10.5. The van der Waals surface area contributed by atoms with Crippen molar-refractivity contribution in [3.8, 4) is 0 Å². The van der Waals surface area contributed by atoms with E-state index in [0.29, 0.717) is 13.2 Å². The summed E-state index contributed by atoms with van der Waals surface area (Å²) in [6.07, 6.45) is 0.833. The average molecular weight is 143 g/mol. The highest BCUT2D eigenvalue weighted by Gasteiger charge is 2.29. The number of ether oxygens (including phenoxy) is 2. The monoisotopic (exact) mass is 143 g/mol. The molecule has 10 heavy (non-hydrogen) atoms. The molecule has 0 saturated carbocycles. The maximum atomic E-state index is 5.25. The van der Waals surface area contributed by atoms with Gasteiger partial charge in [-0.15, -0.1) is 0 Å². The number of hydrogen-bond donors (Lipinski definition) is 2. The molecule has 2 N–H and O–H groups in total. The van der Waals surface area contributed by atoms with Crippen LogP contribution in [0.1, 0.15) is 0 Å². The molecule has 1 radical (unpaired) electrons. The van der Waals surface area contributed by atoms with Gasteiger partial charge in [-0.1, -0.05) is 0 Å². The van der Waals surface area contributed by atoms with Crippen molar-refractivity contribution in [2.24, 2.45) is 0 Å². The Kier molecular flexibility index (Phi) is 1.86. The fourth-order valence-corrected chi connectivity index (χ4v) is 1.15. The van der Waals surface area contributed by atoms with E-state index >= 15 is 0 Å². The van der Waals surface area contributed by atoms with Gasteiger partial charge < -0.3 is 9.47 Å². The summed E-state index contributed by atoms with van der Waals surface area (Å²) in [6.45, 7) is 3.35. The third-order valence-electron chi connectivity index (χ3n) is 1.61. The third kappa shape index (κ3) is 1.15. The van der Waals surface area contributed by atoms with E-state index in [1.165, 1.54) is 0 Å². The van der Waals surface area contributed by atoms with E-state index in [0.717, 1.165) is 19.3 Å². The van der Waals surface area contributed by atoms with Gasteiger partial charge in [0.15, 0.2) is 12.5 Å². The van der Waals surface area contributed by atoms with E-state index in [-0.39, 0.29) is 6.29 Å². The summed E-state index contributed by atoms with van der Waals surface area (Å²) in [5.41, 5.74) is 0. The minimum atomic E-state index is -0.150. The number of nitrogens with one attached hydrogen (secondary N) is 2. The molecule has 57 valence electrons. The molecule has 0 aromatic carbocycles.